The molecule has 3 aromatic carbocycles. The average Bonchev–Trinajstić information content (AvgIpc) is 2.86. The Morgan fingerprint density at radius 2 is 1.42 bits per heavy atom. The van der Waals surface area contributed by atoms with Crippen LogP contribution in [0.1, 0.15) is 41.6 Å². The van der Waals surface area contributed by atoms with Gasteiger partial charge in [0, 0.05) is 13.1 Å². The van der Waals surface area contributed by atoms with Gasteiger partial charge < -0.3 is 9.47 Å². The molecule has 0 saturated carbocycles. The standard InChI is InChI=1S/C28H30FNO3/c29-25-15-13-22(14-16-25)26(12-7-17-30-18-20-32-21-19-30)33-28(31)27(23-8-3-1-4-9-23)24-10-5-2-6-11-24/h1-6,8-11,13-16,26-27H,7,12,17-21H2. The van der Waals surface area contributed by atoms with Gasteiger partial charge in [-0.2, -0.15) is 0 Å². The number of hydrogen-bond acceptors (Lipinski definition) is 4. The summed E-state index contributed by atoms with van der Waals surface area (Å²) in [7, 11) is 0. The summed E-state index contributed by atoms with van der Waals surface area (Å²) in [5.41, 5.74) is 2.59. The van der Waals surface area contributed by atoms with E-state index >= 15 is 0 Å². The molecule has 1 atom stereocenters. The molecule has 1 heterocycles. The first-order valence-electron chi connectivity index (χ1n) is 11.6. The van der Waals surface area contributed by atoms with Crippen molar-refractivity contribution < 1.29 is 18.7 Å². The second-order valence-corrected chi connectivity index (χ2v) is 8.33. The van der Waals surface area contributed by atoms with Crippen molar-refractivity contribution in [1.29, 1.82) is 0 Å². The molecule has 1 fully saturated rings. The molecule has 1 unspecified atom stereocenters. The van der Waals surface area contributed by atoms with E-state index in [2.05, 4.69) is 4.90 Å². The molecule has 4 nitrogen and oxygen atoms in total. The Balaban J connectivity index is 1.52. The molecule has 3 aromatic rings. The van der Waals surface area contributed by atoms with E-state index in [-0.39, 0.29) is 11.8 Å². The van der Waals surface area contributed by atoms with Crippen LogP contribution in [0.3, 0.4) is 0 Å². The zero-order valence-electron chi connectivity index (χ0n) is 18.7. The van der Waals surface area contributed by atoms with Crippen LogP contribution in [0.15, 0.2) is 84.9 Å². The van der Waals surface area contributed by atoms with Crippen LogP contribution in [0, 0.1) is 5.82 Å². The van der Waals surface area contributed by atoms with Crippen molar-refractivity contribution in [3.05, 3.63) is 107 Å². The van der Waals surface area contributed by atoms with Gasteiger partial charge in [0.15, 0.2) is 0 Å². The molecule has 0 amide bonds. The Hall–Kier alpha value is -3.02. The van der Waals surface area contributed by atoms with Gasteiger partial charge >= 0.3 is 5.97 Å². The van der Waals surface area contributed by atoms with Crippen LogP contribution in [-0.2, 0) is 14.3 Å². The number of carbonyl (C=O) groups excluding carboxylic acids is 1. The van der Waals surface area contributed by atoms with E-state index in [1.165, 1.54) is 12.1 Å². The Morgan fingerprint density at radius 1 is 0.848 bits per heavy atom. The zero-order chi connectivity index (χ0) is 22.9. The highest BCUT2D eigenvalue weighted by molar-refractivity contribution is 5.82. The monoisotopic (exact) mass is 447 g/mol. The molecular formula is C28H30FNO3. The van der Waals surface area contributed by atoms with Gasteiger partial charge in [-0.3, -0.25) is 9.69 Å². The second kappa shape index (κ2) is 11.7. The molecule has 0 radical (unpaired) electrons. The largest absolute Gasteiger partial charge is 0.457 e. The lowest BCUT2D eigenvalue weighted by Gasteiger charge is -2.28. The first-order valence-corrected chi connectivity index (χ1v) is 11.6. The van der Waals surface area contributed by atoms with Crippen molar-refractivity contribution in [3.63, 3.8) is 0 Å². The predicted octanol–water partition coefficient (Wildman–Crippen LogP) is 5.35. The van der Waals surface area contributed by atoms with Gasteiger partial charge in [0.25, 0.3) is 0 Å². The van der Waals surface area contributed by atoms with Crippen molar-refractivity contribution in [2.75, 3.05) is 32.8 Å². The van der Waals surface area contributed by atoms with Crippen LogP contribution in [0.5, 0.6) is 0 Å². The number of nitrogens with zero attached hydrogens (tertiary/aromatic N) is 1. The van der Waals surface area contributed by atoms with Crippen molar-refractivity contribution in [1.82, 2.24) is 4.90 Å². The minimum atomic E-state index is -0.519. The topological polar surface area (TPSA) is 38.8 Å². The predicted molar refractivity (Wildman–Crippen MR) is 126 cm³/mol. The second-order valence-electron chi connectivity index (χ2n) is 8.33. The van der Waals surface area contributed by atoms with E-state index in [0.717, 1.165) is 56.0 Å². The highest BCUT2D eigenvalue weighted by atomic mass is 19.1. The van der Waals surface area contributed by atoms with E-state index < -0.39 is 12.0 Å². The normalized spacial score (nSPS) is 15.3. The Bertz CT molecular complexity index is 949. The maximum atomic E-state index is 13.6. The van der Waals surface area contributed by atoms with Gasteiger partial charge in [0.05, 0.1) is 13.2 Å². The highest BCUT2D eigenvalue weighted by Gasteiger charge is 2.27. The molecule has 172 valence electrons. The first-order chi connectivity index (χ1) is 16.2. The van der Waals surface area contributed by atoms with Gasteiger partial charge in [-0.05, 0) is 48.2 Å². The van der Waals surface area contributed by atoms with Gasteiger partial charge in [0.1, 0.15) is 17.8 Å². The average molecular weight is 448 g/mol. The molecule has 0 aromatic heterocycles. The fourth-order valence-electron chi connectivity index (χ4n) is 4.26. The van der Waals surface area contributed by atoms with Gasteiger partial charge in [-0.1, -0.05) is 72.8 Å². The smallest absolute Gasteiger partial charge is 0.318 e. The minimum absolute atomic E-state index is 0.298. The Morgan fingerprint density at radius 3 is 2.00 bits per heavy atom. The van der Waals surface area contributed by atoms with Gasteiger partial charge in [-0.15, -0.1) is 0 Å². The lowest BCUT2D eigenvalue weighted by atomic mass is 9.91. The molecule has 1 saturated heterocycles. The number of ether oxygens (including phenoxy) is 2. The molecule has 33 heavy (non-hydrogen) atoms. The molecule has 0 N–H and O–H groups in total. The number of benzene rings is 3. The van der Waals surface area contributed by atoms with Crippen LogP contribution < -0.4 is 0 Å². The summed E-state index contributed by atoms with van der Waals surface area (Å²) < 4.78 is 25.1. The number of hydrogen-bond donors (Lipinski definition) is 0. The molecule has 0 aliphatic carbocycles. The molecule has 1 aliphatic heterocycles. The summed E-state index contributed by atoms with van der Waals surface area (Å²) in [5.74, 6) is -1.12. The van der Waals surface area contributed by atoms with Crippen LogP contribution >= 0.6 is 0 Å². The van der Waals surface area contributed by atoms with E-state index in [1.807, 2.05) is 60.7 Å². The van der Waals surface area contributed by atoms with Gasteiger partial charge in [-0.25, -0.2) is 4.39 Å². The fraction of sp³-hybridized carbons (Fsp3) is 0.321. The molecule has 0 bridgehead atoms. The maximum absolute atomic E-state index is 13.6. The van der Waals surface area contributed by atoms with E-state index in [0.29, 0.717) is 6.42 Å². The number of halogens is 1. The molecular weight excluding hydrogens is 417 g/mol. The summed E-state index contributed by atoms with van der Waals surface area (Å²) in [5, 5.41) is 0. The minimum Gasteiger partial charge on any atom is -0.457 e. The third kappa shape index (κ3) is 6.50. The molecule has 1 aliphatic rings. The first kappa shape index (κ1) is 23.1. The lowest BCUT2D eigenvalue weighted by Crippen LogP contribution is -2.37. The van der Waals surface area contributed by atoms with Crippen molar-refractivity contribution in [3.8, 4) is 0 Å². The van der Waals surface area contributed by atoms with Crippen LogP contribution in [0.2, 0.25) is 0 Å². The molecule has 4 rings (SSSR count). The summed E-state index contributed by atoms with van der Waals surface area (Å²) in [6, 6.07) is 25.6. The number of rotatable bonds is 9. The number of carbonyl (C=O) groups is 1. The fourth-order valence-corrected chi connectivity index (χ4v) is 4.26. The van der Waals surface area contributed by atoms with E-state index in [9.17, 15) is 9.18 Å². The van der Waals surface area contributed by atoms with Crippen LogP contribution in [0.4, 0.5) is 4.39 Å². The Labute approximate surface area is 195 Å². The van der Waals surface area contributed by atoms with Crippen molar-refractivity contribution in [2.45, 2.75) is 24.9 Å². The molecule has 0 spiro atoms. The summed E-state index contributed by atoms with van der Waals surface area (Å²) in [4.78, 5) is 15.9. The van der Waals surface area contributed by atoms with E-state index in [1.54, 1.807) is 12.1 Å². The molecule has 5 heteroatoms. The quantitative estimate of drug-likeness (QED) is 0.414. The zero-order valence-corrected chi connectivity index (χ0v) is 18.7. The van der Waals surface area contributed by atoms with E-state index in [4.69, 9.17) is 9.47 Å². The summed E-state index contributed by atoms with van der Waals surface area (Å²) >= 11 is 0. The van der Waals surface area contributed by atoms with Crippen molar-refractivity contribution in [2.24, 2.45) is 0 Å². The third-order valence-electron chi connectivity index (χ3n) is 6.05. The van der Waals surface area contributed by atoms with Gasteiger partial charge in [0.2, 0.25) is 0 Å². The van der Waals surface area contributed by atoms with Crippen molar-refractivity contribution >= 4 is 5.97 Å². The third-order valence-corrected chi connectivity index (χ3v) is 6.05. The Kier molecular flexibility index (Phi) is 8.23. The maximum Gasteiger partial charge on any atom is 0.318 e. The highest BCUT2D eigenvalue weighted by Crippen LogP contribution is 2.31. The lowest BCUT2D eigenvalue weighted by molar-refractivity contribution is -0.150. The SMILES string of the molecule is O=C(OC(CCCN1CCOCC1)c1ccc(F)cc1)C(c1ccccc1)c1ccccc1. The number of morpholine rings is 1. The summed E-state index contributed by atoms with van der Waals surface area (Å²) in [6.07, 6.45) is 1.11. The summed E-state index contributed by atoms with van der Waals surface area (Å²) in [6.45, 7) is 4.27. The van der Waals surface area contributed by atoms with Crippen LogP contribution in [-0.4, -0.2) is 43.7 Å². The van der Waals surface area contributed by atoms with Crippen LogP contribution in [0.25, 0.3) is 0 Å². The number of esters is 1.